The molecule has 9 heteroatoms. The molecule has 0 aromatic carbocycles. The van der Waals surface area contributed by atoms with E-state index in [-0.39, 0.29) is 11.5 Å². The number of H-pyrrole nitrogens is 1. The van der Waals surface area contributed by atoms with E-state index in [2.05, 4.69) is 4.98 Å². The van der Waals surface area contributed by atoms with E-state index in [0.29, 0.717) is 0 Å². The molecule has 1 rings (SSSR count). The summed E-state index contributed by atoms with van der Waals surface area (Å²) in [5.74, 6) is -2.64. The van der Waals surface area contributed by atoms with E-state index in [1.54, 1.807) is 0 Å². The van der Waals surface area contributed by atoms with E-state index in [0.717, 1.165) is 12.1 Å². The lowest BCUT2D eigenvalue weighted by atomic mass is 10.2. The Labute approximate surface area is 101 Å². The molecule has 2 atom stereocenters. The highest BCUT2D eigenvalue weighted by Crippen LogP contribution is 2.10. The van der Waals surface area contributed by atoms with Gasteiger partial charge in [-0.15, -0.1) is 0 Å². The summed E-state index contributed by atoms with van der Waals surface area (Å²) < 4.78 is 0. The molecule has 18 heavy (non-hydrogen) atoms. The van der Waals surface area contributed by atoms with Gasteiger partial charge < -0.3 is 25.6 Å². The van der Waals surface area contributed by atoms with Crippen molar-refractivity contribution in [2.45, 2.75) is 19.1 Å². The molecule has 0 aliphatic heterocycles. The molecule has 1 amide bonds. The Bertz CT molecular complexity index is 480. The summed E-state index contributed by atoms with van der Waals surface area (Å²) in [4.78, 5) is 34.2. The second-order valence-electron chi connectivity index (χ2n) is 3.54. The van der Waals surface area contributed by atoms with Crippen LogP contribution < -0.4 is 5.32 Å². The van der Waals surface area contributed by atoms with Gasteiger partial charge in [0, 0.05) is 6.07 Å². The fourth-order valence-electron chi connectivity index (χ4n) is 1.23. The molecule has 0 aliphatic carbocycles. The molecule has 0 radical (unpaired) electrons. The molecule has 0 saturated heterocycles. The van der Waals surface area contributed by atoms with Crippen LogP contribution in [0.1, 0.15) is 17.4 Å². The van der Waals surface area contributed by atoms with E-state index < -0.39 is 28.9 Å². The highest BCUT2D eigenvalue weighted by Gasteiger charge is 2.27. The van der Waals surface area contributed by atoms with Crippen LogP contribution in [-0.2, 0) is 4.79 Å². The summed E-state index contributed by atoms with van der Waals surface area (Å²) in [7, 11) is 0. The van der Waals surface area contributed by atoms with Crippen LogP contribution >= 0.6 is 0 Å². The molecule has 0 spiro atoms. The quantitative estimate of drug-likeness (QED) is 0.412. The third kappa shape index (κ3) is 3.04. The monoisotopic (exact) mass is 257 g/mol. The van der Waals surface area contributed by atoms with Crippen molar-refractivity contribution in [3.63, 3.8) is 0 Å². The second-order valence-corrected chi connectivity index (χ2v) is 3.54. The number of carboxylic acids is 1. The Hall–Kier alpha value is -2.42. The Morgan fingerprint density at radius 2 is 2.11 bits per heavy atom. The number of hydrogen-bond donors (Lipinski definition) is 4. The Morgan fingerprint density at radius 1 is 1.50 bits per heavy atom. The minimum atomic E-state index is -1.49. The molecular weight excluding hydrogens is 246 g/mol. The van der Waals surface area contributed by atoms with E-state index in [1.165, 1.54) is 6.92 Å². The molecule has 9 nitrogen and oxygen atoms in total. The number of carbonyl (C=O) groups excluding carboxylic acids is 1. The number of aromatic amines is 1. The van der Waals surface area contributed by atoms with Gasteiger partial charge in [-0.1, -0.05) is 0 Å². The zero-order chi connectivity index (χ0) is 13.9. The van der Waals surface area contributed by atoms with Crippen molar-refractivity contribution < 1.29 is 24.7 Å². The van der Waals surface area contributed by atoms with Gasteiger partial charge in [0.2, 0.25) is 0 Å². The van der Waals surface area contributed by atoms with Gasteiger partial charge in [-0.25, -0.2) is 9.78 Å². The molecule has 1 aromatic rings. The SMILES string of the molecule is CC(O)C(NC(=O)c1ccc([N+](=O)[O-])[nH]1)C(=O)O. The Morgan fingerprint density at radius 3 is 2.50 bits per heavy atom. The number of carbonyl (C=O) groups is 2. The molecule has 1 heterocycles. The summed E-state index contributed by atoms with van der Waals surface area (Å²) in [6.07, 6.45) is -1.30. The van der Waals surface area contributed by atoms with Crippen LogP contribution in [0.2, 0.25) is 0 Å². The number of aliphatic hydroxyl groups excluding tert-OH is 1. The maximum Gasteiger partial charge on any atom is 0.328 e. The number of carboxylic acid groups (broad SMARTS) is 1. The smallest absolute Gasteiger partial charge is 0.328 e. The average Bonchev–Trinajstić information content (AvgIpc) is 2.73. The van der Waals surface area contributed by atoms with E-state index in [9.17, 15) is 19.7 Å². The lowest BCUT2D eigenvalue weighted by Crippen LogP contribution is -2.47. The van der Waals surface area contributed by atoms with Crippen LogP contribution in [0.25, 0.3) is 0 Å². The zero-order valence-electron chi connectivity index (χ0n) is 9.28. The first-order valence-corrected chi connectivity index (χ1v) is 4.88. The van der Waals surface area contributed by atoms with Crippen LogP contribution in [0.5, 0.6) is 0 Å². The normalized spacial score (nSPS) is 13.7. The van der Waals surface area contributed by atoms with Gasteiger partial charge in [0.25, 0.3) is 5.91 Å². The molecule has 0 aliphatic rings. The van der Waals surface area contributed by atoms with Crippen molar-refractivity contribution in [2.75, 3.05) is 0 Å². The number of rotatable bonds is 5. The Balaban J connectivity index is 2.80. The topological polar surface area (TPSA) is 146 Å². The van der Waals surface area contributed by atoms with E-state index in [4.69, 9.17) is 10.2 Å². The van der Waals surface area contributed by atoms with Crippen LogP contribution in [0, 0.1) is 10.1 Å². The number of aliphatic carboxylic acids is 1. The summed E-state index contributed by atoms with van der Waals surface area (Å²) >= 11 is 0. The molecule has 0 saturated carbocycles. The van der Waals surface area contributed by atoms with Crippen LogP contribution in [0.15, 0.2) is 12.1 Å². The summed E-state index contributed by atoms with van der Waals surface area (Å²) in [6.45, 7) is 1.20. The fraction of sp³-hybridized carbons (Fsp3) is 0.333. The fourth-order valence-corrected chi connectivity index (χ4v) is 1.23. The highest BCUT2D eigenvalue weighted by molar-refractivity contribution is 5.95. The lowest BCUT2D eigenvalue weighted by Gasteiger charge is -2.15. The molecule has 2 unspecified atom stereocenters. The summed E-state index contributed by atoms with van der Waals surface area (Å²) in [5.41, 5.74) is -0.159. The molecule has 0 fully saturated rings. The Kier molecular flexibility index (Phi) is 4.00. The van der Waals surface area contributed by atoms with Gasteiger partial charge in [0.1, 0.15) is 0 Å². The number of aliphatic hydroxyl groups is 1. The van der Waals surface area contributed by atoms with Crippen molar-refractivity contribution >= 4 is 17.7 Å². The standard InChI is InChI=1S/C9H11N3O6/c1-4(13)7(9(15)16)11-8(14)5-2-3-6(10-5)12(17)18/h2-4,7,10,13H,1H3,(H,11,14)(H,15,16). The number of nitrogens with zero attached hydrogens (tertiary/aromatic N) is 1. The van der Waals surface area contributed by atoms with Gasteiger partial charge in [-0.05, 0) is 17.9 Å². The van der Waals surface area contributed by atoms with Gasteiger partial charge >= 0.3 is 11.8 Å². The first-order chi connectivity index (χ1) is 8.32. The van der Waals surface area contributed by atoms with Crippen molar-refractivity contribution in [3.8, 4) is 0 Å². The van der Waals surface area contributed by atoms with E-state index >= 15 is 0 Å². The first-order valence-electron chi connectivity index (χ1n) is 4.88. The van der Waals surface area contributed by atoms with Crippen LogP contribution in [-0.4, -0.2) is 44.1 Å². The summed E-state index contributed by atoms with van der Waals surface area (Å²) in [5, 5.41) is 30.3. The first kappa shape index (κ1) is 13.6. The van der Waals surface area contributed by atoms with Gasteiger partial charge in [-0.3, -0.25) is 4.79 Å². The third-order valence-electron chi connectivity index (χ3n) is 2.15. The predicted octanol–water partition coefficient (Wildman–Crippen LogP) is -0.513. The highest BCUT2D eigenvalue weighted by atomic mass is 16.6. The minimum absolute atomic E-state index is 0.159. The largest absolute Gasteiger partial charge is 0.480 e. The molecule has 1 aromatic heterocycles. The van der Waals surface area contributed by atoms with Crippen molar-refractivity contribution in [3.05, 3.63) is 27.9 Å². The van der Waals surface area contributed by atoms with Gasteiger partial charge in [0.15, 0.2) is 11.7 Å². The number of nitro groups is 1. The number of aromatic nitrogens is 1. The van der Waals surface area contributed by atoms with Crippen molar-refractivity contribution in [1.29, 1.82) is 0 Å². The summed E-state index contributed by atoms with van der Waals surface area (Å²) in [6, 6.07) is 0.737. The van der Waals surface area contributed by atoms with Gasteiger partial charge in [0.05, 0.1) is 6.10 Å². The predicted molar refractivity (Wildman–Crippen MR) is 58.0 cm³/mol. The zero-order valence-corrected chi connectivity index (χ0v) is 9.28. The molecule has 4 N–H and O–H groups in total. The second kappa shape index (κ2) is 5.27. The lowest BCUT2D eigenvalue weighted by molar-refractivity contribution is -0.389. The molecule has 98 valence electrons. The molecular formula is C9H11N3O6. The maximum atomic E-state index is 11.6. The van der Waals surface area contributed by atoms with Crippen molar-refractivity contribution in [1.82, 2.24) is 10.3 Å². The average molecular weight is 257 g/mol. The number of hydrogen-bond acceptors (Lipinski definition) is 5. The van der Waals surface area contributed by atoms with Crippen LogP contribution in [0.3, 0.4) is 0 Å². The third-order valence-corrected chi connectivity index (χ3v) is 2.15. The van der Waals surface area contributed by atoms with Crippen LogP contribution in [0.4, 0.5) is 5.82 Å². The molecule has 0 bridgehead atoms. The minimum Gasteiger partial charge on any atom is -0.480 e. The van der Waals surface area contributed by atoms with Gasteiger partial charge in [-0.2, -0.15) is 0 Å². The van der Waals surface area contributed by atoms with Crippen molar-refractivity contribution in [2.24, 2.45) is 0 Å². The number of nitrogens with one attached hydrogen (secondary N) is 2. The number of amides is 1. The maximum absolute atomic E-state index is 11.6. The van der Waals surface area contributed by atoms with E-state index in [1.807, 2.05) is 5.32 Å².